The van der Waals surface area contributed by atoms with E-state index in [1.807, 2.05) is 6.26 Å². The molecule has 78 valence electrons. The number of nitrogens with zero attached hydrogens (tertiary/aromatic N) is 2. The maximum atomic E-state index is 8.56. The van der Waals surface area contributed by atoms with Crippen molar-refractivity contribution < 1.29 is 9.84 Å². The Balaban J connectivity index is 2.62. The molecule has 0 atom stereocenters. The predicted octanol–water partition coefficient (Wildman–Crippen LogP) is 0.542. The lowest BCUT2D eigenvalue weighted by atomic mass is 10.5. The summed E-state index contributed by atoms with van der Waals surface area (Å²) in [7, 11) is 0. The van der Waals surface area contributed by atoms with Crippen LogP contribution in [0.2, 0.25) is 0 Å². The molecule has 3 N–H and O–H groups in total. The van der Waals surface area contributed by atoms with Crippen LogP contribution in [0.3, 0.4) is 0 Å². The molecular formula is C8H13N3O2S. The number of thioether (sulfide) groups is 1. The van der Waals surface area contributed by atoms with E-state index in [4.69, 9.17) is 15.6 Å². The quantitative estimate of drug-likeness (QED) is 0.424. The molecule has 0 saturated heterocycles. The third-order valence-electron chi connectivity index (χ3n) is 1.44. The second-order valence-corrected chi connectivity index (χ2v) is 3.32. The Kier molecular flexibility index (Phi) is 4.48. The lowest BCUT2D eigenvalue weighted by molar-refractivity contribution is 0.228. The molecule has 0 fully saturated rings. The van der Waals surface area contributed by atoms with Gasteiger partial charge in [0.2, 0.25) is 5.88 Å². The van der Waals surface area contributed by atoms with Crippen LogP contribution in [0.15, 0.2) is 11.2 Å². The highest BCUT2D eigenvalue weighted by atomic mass is 32.2. The number of rotatable bonds is 5. The zero-order chi connectivity index (χ0) is 10.4. The van der Waals surface area contributed by atoms with E-state index in [9.17, 15) is 0 Å². The second kappa shape index (κ2) is 5.66. The van der Waals surface area contributed by atoms with E-state index >= 15 is 0 Å². The van der Waals surface area contributed by atoms with E-state index in [2.05, 4.69) is 9.97 Å². The van der Waals surface area contributed by atoms with Gasteiger partial charge in [-0.15, -0.1) is 0 Å². The fourth-order valence-corrected chi connectivity index (χ4v) is 1.21. The number of nitrogens with two attached hydrogens (primary N) is 1. The Hall–Kier alpha value is -1.01. The second-order valence-electron chi connectivity index (χ2n) is 2.54. The Morgan fingerprint density at radius 2 is 2.36 bits per heavy atom. The summed E-state index contributed by atoms with van der Waals surface area (Å²) >= 11 is 1.40. The van der Waals surface area contributed by atoms with Gasteiger partial charge in [-0.3, -0.25) is 0 Å². The number of hydrogen-bond acceptors (Lipinski definition) is 6. The normalized spacial score (nSPS) is 10.1. The summed E-state index contributed by atoms with van der Waals surface area (Å²) in [4.78, 5) is 8.07. The van der Waals surface area contributed by atoms with Crippen LogP contribution in [0.5, 0.6) is 5.88 Å². The molecule has 1 heterocycles. The van der Waals surface area contributed by atoms with Crippen LogP contribution in [0.4, 0.5) is 5.82 Å². The van der Waals surface area contributed by atoms with Crippen LogP contribution in [0.25, 0.3) is 0 Å². The summed E-state index contributed by atoms with van der Waals surface area (Å²) in [6, 6.07) is 1.57. The number of ether oxygens (including phenoxy) is 1. The van der Waals surface area contributed by atoms with Gasteiger partial charge in [-0.25, -0.2) is 4.98 Å². The van der Waals surface area contributed by atoms with Gasteiger partial charge in [-0.05, 0) is 6.26 Å². The van der Waals surface area contributed by atoms with E-state index in [1.165, 1.54) is 11.8 Å². The Morgan fingerprint density at radius 1 is 1.57 bits per heavy atom. The number of aliphatic hydroxyl groups is 1. The molecule has 0 radical (unpaired) electrons. The fourth-order valence-electron chi connectivity index (χ4n) is 0.827. The molecule has 0 unspecified atom stereocenters. The molecule has 0 aliphatic heterocycles. The highest BCUT2D eigenvalue weighted by Crippen LogP contribution is 2.16. The van der Waals surface area contributed by atoms with E-state index in [-0.39, 0.29) is 6.61 Å². The first-order valence-electron chi connectivity index (χ1n) is 4.18. The van der Waals surface area contributed by atoms with Gasteiger partial charge in [-0.1, -0.05) is 11.8 Å². The van der Waals surface area contributed by atoms with Gasteiger partial charge in [0.1, 0.15) is 5.82 Å². The number of aliphatic hydroxyl groups excluding tert-OH is 1. The molecular weight excluding hydrogens is 202 g/mol. The van der Waals surface area contributed by atoms with Crippen molar-refractivity contribution in [3.8, 4) is 5.88 Å². The van der Waals surface area contributed by atoms with Gasteiger partial charge in [0.25, 0.3) is 0 Å². The average Bonchev–Trinajstić information content (AvgIpc) is 2.17. The first-order chi connectivity index (χ1) is 6.76. The molecule has 1 rings (SSSR count). The highest BCUT2D eigenvalue weighted by molar-refractivity contribution is 7.98. The third-order valence-corrected chi connectivity index (χ3v) is 1.98. The number of hydrogen-bond donors (Lipinski definition) is 2. The molecule has 14 heavy (non-hydrogen) atoms. The Morgan fingerprint density at radius 3 is 3.00 bits per heavy atom. The molecule has 0 saturated carbocycles. The fraction of sp³-hybridized carbons (Fsp3) is 0.500. The standard InChI is InChI=1S/C8H13N3O2S/c1-14-8-10-6(9)5-7(11-8)13-4-2-3-12/h5,12H,2-4H2,1H3,(H2,9,10,11). The summed E-state index contributed by atoms with van der Waals surface area (Å²) in [6.07, 6.45) is 2.45. The van der Waals surface area contributed by atoms with Crippen molar-refractivity contribution in [2.24, 2.45) is 0 Å². The summed E-state index contributed by atoms with van der Waals surface area (Å²) in [5, 5.41) is 9.15. The third kappa shape index (κ3) is 3.39. The number of nitrogen functional groups attached to an aromatic ring is 1. The van der Waals surface area contributed by atoms with Crippen LogP contribution in [-0.2, 0) is 0 Å². The van der Waals surface area contributed by atoms with Gasteiger partial charge in [0.15, 0.2) is 5.16 Å². The smallest absolute Gasteiger partial charge is 0.219 e. The maximum absolute atomic E-state index is 8.56. The van der Waals surface area contributed by atoms with Crippen LogP contribution in [0.1, 0.15) is 6.42 Å². The van der Waals surface area contributed by atoms with Crippen LogP contribution >= 0.6 is 11.8 Å². The SMILES string of the molecule is CSc1nc(N)cc(OCCCO)n1. The molecule has 0 amide bonds. The Bertz CT molecular complexity index is 296. The van der Waals surface area contributed by atoms with Crippen molar-refractivity contribution in [3.63, 3.8) is 0 Å². The van der Waals surface area contributed by atoms with E-state index in [1.54, 1.807) is 6.07 Å². The van der Waals surface area contributed by atoms with Crippen molar-refractivity contribution in [1.82, 2.24) is 9.97 Å². The van der Waals surface area contributed by atoms with E-state index in [0.29, 0.717) is 29.9 Å². The van der Waals surface area contributed by atoms with Gasteiger partial charge in [0, 0.05) is 19.1 Å². The molecule has 1 aromatic rings. The number of anilines is 1. The lowest BCUT2D eigenvalue weighted by Crippen LogP contribution is -2.03. The van der Waals surface area contributed by atoms with Crippen molar-refractivity contribution in [3.05, 3.63) is 6.07 Å². The van der Waals surface area contributed by atoms with Crippen molar-refractivity contribution >= 4 is 17.6 Å². The summed E-state index contributed by atoms with van der Waals surface area (Å²) in [5.74, 6) is 0.846. The molecule has 0 aliphatic rings. The van der Waals surface area contributed by atoms with Gasteiger partial charge in [0.05, 0.1) is 6.61 Å². The zero-order valence-electron chi connectivity index (χ0n) is 7.93. The molecule has 5 nitrogen and oxygen atoms in total. The molecule has 0 aromatic carbocycles. The minimum atomic E-state index is 0.107. The molecule has 0 spiro atoms. The minimum Gasteiger partial charge on any atom is -0.477 e. The maximum Gasteiger partial charge on any atom is 0.219 e. The first-order valence-corrected chi connectivity index (χ1v) is 5.41. The zero-order valence-corrected chi connectivity index (χ0v) is 8.75. The van der Waals surface area contributed by atoms with Crippen molar-refractivity contribution in [1.29, 1.82) is 0 Å². The summed E-state index contributed by atoms with van der Waals surface area (Å²) in [6.45, 7) is 0.538. The van der Waals surface area contributed by atoms with Gasteiger partial charge in [-0.2, -0.15) is 4.98 Å². The monoisotopic (exact) mass is 215 g/mol. The predicted molar refractivity (Wildman–Crippen MR) is 55.4 cm³/mol. The van der Waals surface area contributed by atoms with Crippen LogP contribution < -0.4 is 10.5 Å². The molecule has 6 heteroatoms. The highest BCUT2D eigenvalue weighted by Gasteiger charge is 2.01. The van der Waals surface area contributed by atoms with Gasteiger partial charge >= 0.3 is 0 Å². The van der Waals surface area contributed by atoms with Gasteiger partial charge < -0.3 is 15.6 Å². The van der Waals surface area contributed by atoms with Crippen molar-refractivity contribution in [2.45, 2.75) is 11.6 Å². The molecule has 1 aromatic heterocycles. The topological polar surface area (TPSA) is 81.3 Å². The lowest BCUT2D eigenvalue weighted by Gasteiger charge is -2.05. The molecule has 0 bridgehead atoms. The minimum absolute atomic E-state index is 0.107. The van der Waals surface area contributed by atoms with E-state index in [0.717, 1.165) is 0 Å². The first kappa shape index (κ1) is 11.1. The molecule has 0 aliphatic carbocycles. The van der Waals surface area contributed by atoms with E-state index < -0.39 is 0 Å². The van der Waals surface area contributed by atoms with Crippen LogP contribution in [-0.4, -0.2) is 34.5 Å². The van der Waals surface area contributed by atoms with Crippen LogP contribution in [0, 0.1) is 0 Å². The summed E-state index contributed by atoms with van der Waals surface area (Å²) in [5.41, 5.74) is 5.55. The average molecular weight is 215 g/mol. The van der Waals surface area contributed by atoms with Crippen molar-refractivity contribution in [2.75, 3.05) is 25.2 Å². The summed E-state index contributed by atoms with van der Waals surface area (Å²) < 4.78 is 5.27. The Labute approximate surface area is 86.7 Å². The largest absolute Gasteiger partial charge is 0.477 e. The number of aromatic nitrogens is 2.